The Balaban J connectivity index is 1.99. The van der Waals surface area contributed by atoms with Crippen molar-refractivity contribution >= 4 is 40.1 Å². The monoisotopic (exact) mass is 507 g/mol. The maximum absolute atomic E-state index is 12.7. The van der Waals surface area contributed by atoms with Crippen LogP contribution in [0.15, 0.2) is 48.5 Å². The zero-order valence-corrected chi connectivity index (χ0v) is 19.1. The highest BCUT2D eigenvalue weighted by molar-refractivity contribution is 14.1. The van der Waals surface area contributed by atoms with Crippen molar-refractivity contribution in [1.82, 2.24) is 10.6 Å². The van der Waals surface area contributed by atoms with Crippen LogP contribution in [0.3, 0.4) is 0 Å². The summed E-state index contributed by atoms with van der Waals surface area (Å²) < 4.78 is 0.942. The molecule has 0 aliphatic rings. The van der Waals surface area contributed by atoms with Crippen molar-refractivity contribution in [2.24, 2.45) is 0 Å². The summed E-state index contributed by atoms with van der Waals surface area (Å²) in [6, 6.07) is 15.0. The predicted octanol–water partition coefficient (Wildman–Crippen LogP) is 3.84. The number of nitrogens with two attached hydrogens (primary N) is 1. The Morgan fingerprint density at radius 1 is 1.07 bits per heavy atom. The lowest BCUT2D eigenvalue weighted by Crippen LogP contribution is -2.48. The number of aryl methyl sites for hydroxylation is 1. The van der Waals surface area contributed by atoms with Crippen LogP contribution in [-0.4, -0.2) is 24.4 Å². The Bertz CT molecular complexity index is 796. The number of rotatable bonds is 11. The standard InChI is InChI=1S/C23H30IN3O2/c1-2-3-7-14-26-23(29)21(16-18-10-12-20(25)19(24)15-18)27-22(28)13-11-17-8-5-4-6-9-17/h4-6,8-10,12,15,21H,2-3,7,11,13-14,16,25H2,1H3,(H,26,29)(H,27,28). The average Bonchev–Trinajstić information content (AvgIpc) is 2.72. The van der Waals surface area contributed by atoms with Gasteiger partial charge in [0, 0.05) is 28.6 Å². The summed E-state index contributed by atoms with van der Waals surface area (Å²) >= 11 is 2.18. The molecule has 0 saturated heterocycles. The number of halogens is 1. The number of hydrogen-bond donors (Lipinski definition) is 3. The molecule has 2 amide bonds. The van der Waals surface area contributed by atoms with Crippen LogP contribution in [-0.2, 0) is 22.4 Å². The van der Waals surface area contributed by atoms with Crippen LogP contribution >= 0.6 is 22.6 Å². The Kier molecular flexibility index (Phi) is 9.97. The van der Waals surface area contributed by atoms with Crippen molar-refractivity contribution in [2.45, 2.75) is 51.5 Å². The Labute approximate surface area is 187 Å². The van der Waals surface area contributed by atoms with Gasteiger partial charge < -0.3 is 16.4 Å². The number of amides is 2. The second-order valence-electron chi connectivity index (χ2n) is 7.16. The van der Waals surface area contributed by atoms with Crippen molar-refractivity contribution in [3.63, 3.8) is 0 Å². The highest BCUT2D eigenvalue weighted by Crippen LogP contribution is 2.17. The molecule has 2 aromatic carbocycles. The molecule has 4 N–H and O–H groups in total. The number of carbonyl (C=O) groups excluding carboxylic acids is 2. The summed E-state index contributed by atoms with van der Waals surface area (Å²) in [4.78, 5) is 25.2. The van der Waals surface area contributed by atoms with E-state index in [1.807, 2.05) is 48.5 Å². The van der Waals surface area contributed by atoms with E-state index in [1.165, 1.54) is 0 Å². The van der Waals surface area contributed by atoms with Crippen LogP contribution in [0.1, 0.15) is 43.7 Å². The van der Waals surface area contributed by atoms with E-state index in [9.17, 15) is 9.59 Å². The number of benzene rings is 2. The zero-order valence-electron chi connectivity index (χ0n) is 16.9. The minimum absolute atomic E-state index is 0.118. The fraction of sp³-hybridized carbons (Fsp3) is 0.391. The largest absolute Gasteiger partial charge is 0.398 e. The fourth-order valence-corrected chi connectivity index (χ4v) is 3.60. The smallest absolute Gasteiger partial charge is 0.242 e. The van der Waals surface area contributed by atoms with Gasteiger partial charge in [0.25, 0.3) is 0 Å². The summed E-state index contributed by atoms with van der Waals surface area (Å²) in [6.45, 7) is 2.75. The highest BCUT2D eigenvalue weighted by Gasteiger charge is 2.21. The minimum Gasteiger partial charge on any atom is -0.398 e. The topological polar surface area (TPSA) is 84.2 Å². The number of hydrogen-bond acceptors (Lipinski definition) is 3. The first-order valence-electron chi connectivity index (χ1n) is 10.1. The van der Waals surface area contributed by atoms with E-state index in [-0.39, 0.29) is 11.8 Å². The van der Waals surface area contributed by atoms with E-state index in [0.717, 1.165) is 34.0 Å². The molecule has 5 nitrogen and oxygen atoms in total. The van der Waals surface area contributed by atoms with Gasteiger partial charge >= 0.3 is 0 Å². The van der Waals surface area contributed by atoms with Crippen molar-refractivity contribution in [2.75, 3.05) is 12.3 Å². The van der Waals surface area contributed by atoms with Crippen molar-refractivity contribution in [3.05, 3.63) is 63.2 Å². The molecule has 0 aliphatic heterocycles. The van der Waals surface area contributed by atoms with Gasteiger partial charge in [0.05, 0.1) is 0 Å². The number of anilines is 1. The zero-order chi connectivity index (χ0) is 21.1. The molecule has 0 fully saturated rings. The second-order valence-corrected chi connectivity index (χ2v) is 8.33. The van der Waals surface area contributed by atoms with Gasteiger partial charge in [-0.15, -0.1) is 0 Å². The van der Waals surface area contributed by atoms with E-state index < -0.39 is 6.04 Å². The van der Waals surface area contributed by atoms with Gasteiger partial charge in [-0.1, -0.05) is 56.2 Å². The molecule has 0 aromatic heterocycles. The SMILES string of the molecule is CCCCCNC(=O)C(Cc1ccc(N)c(I)c1)NC(=O)CCc1ccccc1. The Hall–Kier alpha value is -2.09. The third-order valence-electron chi connectivity index (χ3n) is 4.72. The average molecular weight is 507 g/mol. The van der Waals surface area contributed by atoms with Gasteiger partial charge in [0.1, 0.15) is 6.04 Å². The van der Waals surface area contributed by atoms with Crippen molar-refractivity contribution in [3.8, 4) is 0 Å². The number of nitrogens with one attached hydrogen (secondary N) is 2. The van der Waals surface area contributed by atoms with E-state index in [0.29, 0.717) is 31.5 Å². The Morgan fingerprint density at radius 3 is 2.52 bits per heavy atom. The van der Waals surface area contributed by atoms with Gasteiger partial charge in [-0.3, -0.25) is 9.59 Å². The molecule has 0 aliphatic carbocycles. The maximum atomic E-state index is 12.7. The molecule has 0 bridgehead atoms. The minimum atomic E-state index is -0.598. The lowest BCUT2D eigenvalue weighted by Gasteiger charge is -2.19. The quantitative estimate of drug-likeness (QED) is 0.246. The molecule has 29 heavy (non-hydrogen) atoms. The number of unbranched alkanes of at least 4 members (excludes halogenated alkanes) is 2. The lowest BCUT2D eigenvalue weighted by molar-refractivity contribution is -0.129. The summed E-state index contributed by atoms with van der Waals surface area (Å²) in [5, 5.41) is 5.89. The molecular weight excluding hydrogens is 477 g/mol. The van der Waals surface area contributed by atoms with Gasteiger partial charge in [-0.05, 0) is 58.7 Å². The molecular formula is C23H30IN3O2. The first kappa shape index (κ1) is 23.2. The summed E-state index contributed by atoms with van der Waals surface area (Å²) in [5.41, 5.74) is 8.68. The third kappa shape index (κ3) is 8.43. The molecule has 0 spiro atoms. The van der Waals surface area contributed by atoms with E-state index in [1.54, 1.807) is 0 Å². The summed E-state index contributed by atoms with van der Waals surface area (Å²) in [5.74, 6) is -0.256. The molecule has 2 aromatic rings. The molecule has 0 heterocycles. The van der Waals surface area contributed by atoms with E-state index in [4.69, 9.17) is 5.73 Å². The van der Waals surface area contributed by atoms with Crippen LogP contribution < -0.4 is 16.4 Å². The molecule has 1 atom stereocenters. The maximum Gasteiger partial charge on any atom is 0.242 e. The number of carbonyl (C=O) groups is 2. The van der Waals surface area contributed by atoms with E-state index >= 15 is 0 Å². The van der Waals surface area contributed by atoms with Crippen LogP contribution in [0.4, 0.5) is 5.69 Å². The molecule has 1 unspecified atom stereocenters. The van der Waals surface area contributed by atoms with Gasteiger partial charge in [0.2, 0.25) is 11.8 Å². The van der Waals surface area contributed by atoms with Crippen molar-refractivity contribution < 1.29 is 9.59 Å². The summed E-state index contributed by atoms with van der Waals surface area (Å²) in [6.07, 6.45) is 4.55. The Morgan fingerprint density at radius 2 is 1.83 bits per heavy atom. The highest BCUT2D eigenvalue weighted by atomic mass is 127. The number of nitrogen functional groups attached to an aromatic ring is 1. The van der Waals surface area contributed by atoms with E-state index in [2.05, 4.69) is 40.1 Å². The first-order chi connectivity index (χ1) is 14.0. The molecule has 6 heteroatoms. The van der Waals surface area contributed by atoms with Crippen LogP contribution in [0.2, 0.25) is 0 Å². The van der Waals surface area contributed by atoms with Crippen LogP contribution in [0.5, 0.6) is 0 Å². The lowest BCUT2D eigenvalue weighted by atomic mass is 10.0. The molecule has 0 saturated carbocycles. The first-order valence-corrected chi connectivity index (χ1v) is 11.2. The molecule has 156 valence electrons. The van der Waals surface area contributed by atoms with Gasteiger partial charge in [-0.25, -0.2) is 0 Å². The molecule has 2 rings (SSSR count). The van der Waals surface area contributed by atoms with Crippen LogP contribution in [0.25, 0.3) is 0 Å². The fourth-order valence-electron chi connectivity index (χ4n) is 3.02. The van der Waals surface area contributed by atoms with Gasteiger partial charge in [0.15, 0.2) is 0 Å². The normalized spacial score (nSPS) is 11.7. The van der Waals surface area contributed by atoms with Gasteiger partial charge in [-0.2, -0.15) is 0 Å². The summed E-state index contributed by atoms with van der Waals surface area (Å²) in [7, 11) is 0. The molecule has 0 radical (unpaired) electrons. The van der Waals surface area contributed by atoms with Crippen molar-refractivity contribution in [1.29, 1.82) is 0 Å². The second kappa shape index (κ2) is 12.5. The third-order valence-corrected chi connectivity index (χ3v) is 5.65. The van der Waals surface area contributed by atoms with Crippen LogP contribution in [0, 0.1) is 3.57 Å². The predicted molar refractivity (Wildman–Crippen MR) is 127 cm³/mol.